The Morgan fingerprint density at radius 2 is 2.00 bits per heavy atom. The molecule has 0 aliphatic carbocycles. The minimum atomic E-state index is -3.27. The number of halogens is 1. The van der Waals surface area contributed by atoms with Crippen molar-refractivity contribution in [2.45, 2.75) is 43.5 Å². The van der Waals surface area contributed by atoms with E-state index < -0.39 is 32.3 Å². The highest BCUT2D eigenvalue weighted by atomic mass is 35.5. The number of ether oxygens (including phenoxy) is 1. The Morgan fingerprint density at radius 3 is 2.38 bits per heavy atom. The summed E-state index contributed by atoms with van der Waals surface area (Å²) in [5.41, 5.74) is -0.608. The van der Waals surface area contributed by atoms with E-state index >= 15 is 0 Å². The molecule has 1 saturated heterocycles. The quantitative estimate of drug-likeness (QED) is 0.728. The molecule has 0 saturated carbocycles. The van der Waals surface area contributed by atoms with Crippen molar-refractivity contribution in [1.29, 1.82) is 0 Å². The van der Waals surface area contributed by atoms with Crippen LogP contribution in [0.4, 0.5) is 4.79 Å². The van der Waals surface area contributed by atoms with Gasteiger partial charge >= 0.3 is 6.09 Å². The normalized spacial score (nSPS) is 28.8. The van der Waals surface area contributed by atoms with Gasteiger partial charge in [0.2, 0.25) is 0 Å². The van der Waals surface area contributed by atoms with E-state index in [0.29, 0.717) is 6.42 Å². The summed E-state index contributed by atoms with van der Waals surface area (Å²) in [5, 5.41) is 2.47. The molecule has 0 spiro atoms. The third-order valence-electron chi connectivity index (χ3n) is 2.07. The van der Waals surface area contributed by atoms with Crippen molar-refractivity contribution < 1.29 is 17.9 Å². The highest BCUT2D eigenvalue weighted by Crippen LogP contribution is 2.24. The van der Waals surface area contributed by atoms with Gasteiger partial charge < -0.3 is 10.1 Å². The van der Waals surface area contributed by atoms with Gasteiger partial charge in [-0.2, -0.15) is 0 Å². The van der Waals surface area contributed by atoms with Crippen LogP contribution >= 0.6 is 11.6 Å². The van der Waals surface area contributed by atoms with E-state index in [1.165, 1.54) is 0 Å². The Hall–Kier alpha value is -0.490. The molecule has 1 aliphatic rings. The molecular weight excluding hydrogens is 254 g/mol. The van der Waals surface area contributed by atoms with Crippen molar-refractivity contribution in [2.24, 2.45) is 0 Å². The summed E-state index contributed by atoms with van der Waals surface area (Å²) >= 11 is 5.73. The minimum Gasteiger partial charge on any atom is -0.444 e. The Bertz CT molecular complexity index is 373. The zero-order chi connectivity index (χ0) is 12.6. The number of alkyl carbamates (subject to hydrolysis) is 1. The number of hydrogen-bond acceptors (Lipinski definition) is 4. The minimum absolute atomic E-state index is 0.00162. The number of hydrogen-bond donors (Lipinski definition) is 1. The molecular formula is C9H16ClNO4S. The van der Waals surface area contributed by atoms with Crippen molar-refractivity contribution in [1.82, 2.24) is 5.32 Å². The number of sulfone groups is 1. The highest BCUT2D eigenvalue weighted by Gasteiger charge is 2.40. The molecule has 0 aromatic carbocycles. The first-order chi connectivity index (χ1) is 7.12. The second-order valence-corrected chi connectivity index (χ2v) is 7.73. The number of nitrogens with one attached hydrogen (secondary N) is 1. The van der Waals surface area contributed by atoms with Crippen LogP contribution in [0.2, 0.25) is 0 Å². The van der Waals surface area contributed by atoms with Crippen molar-refractivity contribution in [2.75, 3.05) is 5.75 Å². The second kappa shape index (κ2) is 4.41. The lowest BCUT2D eigenvalue weighted by atomic mass is 10.2. The molecule has 1 N–H and O–H groups in total. The molecule has 94 valence electrons. The third kappa shape index (κ3) is 3.52. The molecule has 0 aromatic heterocycles. The Balaban J connectivity index is 2.54. The molecule has 1 heterocycles. The second-order valence-electron chi connectivity index (χ2n) is 4.76. The summed E-state index contributed by atoms with van der Waals surface area (Å²) in [5.74, 6) is 0.00162. The molecule has 1 amide bonds. The molecule has 1 aliphatic heterocycles. The van der Waals surface area contributed by atoms with Crippen LogP contribution in [-0.2, 0) is 14.6 Å². The first kappa shape index (κ1) is 13.6. The van der Waals surface area contributed by atoms with E-state index in [1.807, 2.05) is 0 Å². The van der Waals surface area contributed by atoms with Gasteiger partial charge in [0.25, 0.3) is 0 Å². The van der Waals surface area contributed by atoms with Crippen molar-refractivity contribution >= 4 is 27.5 Å². The van der Waals surface area contributed by atoms with Gasteiger partial charge in [0, 0.05) is 0 Å². The molecule has 5 nitrogen and oxygen atoms in total. The molecule has 2 unspecified atom stereocenters. The first-order valence-electron chi connectivity index (χ1n) is 4.97. The number of amides is 1. The van der Waals surface area contributed by atoms with Crippen molar-refractivity contribution in [3.8, 4) is 0 Å². The van der Waals surface area contributed by atoms with Crippen LogP contribution in [-0.4, -0.2) is 36.6 Å². The van der Waals surface area contributed by atoms with Crippen LogP contribution in [0.1, 0.15) is 27.2 Å². The smallest absolute Gasteiger partial charge is 0.407 e. The zero-order valence-electron chi connectivity index (χ0n) is 9.49. The van der Waals surface area contributed by atoms with Crippen LogP contribution in [0.25, 0.3) is 0 Å². The highest BCUT2D eigenvalue weighted by molar-refractivity contribution is 7.93. The SMILES string of the molecule is CC(C)(C)OC(=O)NC1CCS(=O)(=O)C1Cl. The maximum atomic E-state index is 11.4. The molecule has 1 rings (SSSR count). The van der Waals surface area contributed by atoms with Gasteiger partial charge in [0.15, 0.2) is 14.5 Å². The fourth-order valence-corrected chi connectivity index (χ4v) is 3.35. The predicted molar refractivity (Wildman–Crippen MR) is 61.2 cm³/mol. The Labute approximate surface area is 100 Å². The third-order valence-corrected chi connectivity index (χ3v) is 5.01. The molecule has 0 radical (unpaired) electrons. The Kier molecular flexibility index (Phi) is 3.74. The monoisotopic (exact) mass is 269 g/mol. The van der Waals surface area contributed by atoms with Gasteiger partial charge in [0.1, 0.15) is 5.60 Å². The molecule has 7 heteroatoms. The van der Waals surface area contributed by atoms with Crippen LogP contribution in [0.3, 0.4) is 0 Å². The maximum absolute atomic E-state index is 11.4. The molecule has 0 aromatic rings. The van der Waals surface area contributed by atoms with Gasteiger partial charge in [-0.3, -0.25) is 0 Å². The largest absolute Gasteiger partial charge is 0.444 e. The first-order valence-corrected chi connectivity index (χ1v) is 7.12. The summed E-state index contributed by atoms with van der Waals surface area (Å²) < 4.78 is 26.6. The topological polar surface area (TPSA) is 72.5 Å². The summed E-state index contributed by atoms with van der Waals surface area (Å²) in [6.45, 7) is 5.20. The lowest BCUT2D eigenvalue weighted by molar-refractivity contribution is 0.0508. The van der Waals surface area contributed by atoms with Gasteiger partial charge in [0.05, 0.1) is 11.8 Å². The molecule has 2 atom stereocenters. The summed E-state index contributed by atoms with van der Waals surface area (Å²) in [6, 6.07) is -0.568. The summed E-state index contributed by atoms with van der Waals surface area (Å²) in [7, 11) is -3.27. The van der Waals surface area contributed by atoms with E-state index in [0.717, 1.165) is 0 Å². The van der Waals surface area contributed by atoms with E-state index in [-0.39, 0.29) is 5.75 Å². The van der Waals surface area contributed by atoms with E-state index in [2.05, 4.69) is 5.32 Å². The standard InChI is InChI=1S/C9H16ClNO4S/c1-9(2,3)15-8(12)11-6-4-5-16(13,14)7(6)10/h6-7H,4-5H2,1-3H3,(H,11,12). The molecule has 1 fully saturated rings. The summed E-state index contributed by atoms with van der Waals surface area (Å²) in [6.07, 6.45) is -0.310. The van der Waals surface area contributed by atoms with Gasteiger partial charge in [-0.15, -0.1) is 11.6 Å². The maximum Gasteiger partial charge on any atom is 0.407 e. The number of rotatable bonds is 1. The Morgan fingerprint density at radius 1 is 1.44 bits per heavy atom. The van der Waals surface area contributed by atoms with Gasteiger partial charge in [-0.1, -0.05) is 0 Å². The van der Waals surface area contributed by atoms with E-state index in [4.69, 9.17) is 16.3 Å². The lowest BCUT2D eigenvalue weighted by Gasteiger charge is -2.22. The number of alkyl halides is 1. The average Bonchev–Trinajstić information content (AvgIpc) is 2.28. The fraction of sp³-hybridized carbons (Fsp3) is 0.889. The average molecular weight is 270 g/mol. The molecule has 0 bridgehead atoms. The fourth-order valence-electron chi connectivity index (χ4n) is 1.38. The van der Waals surface area contributed by atoms with Gasteiger partial charge in [-0.05, 0) is 27.2 Å². The number of carbonyl (C=O) groups is 1. The summed E-state index contributed by atoms with van der Waals surface area (Å²) in [4.78, 5) is 11.4. The van der Waals surface area contributed by atoms with E-state index in [1.54, 1.807) is 20.8 Å². The lowest BCUT2D eigenvalue weighted by Crippen LogP contribution is -2.42. The van der Waals surface area contributed by atoms with Crippen LogP contribution < -0.4 is 5.32 Å². The van der Waals surface area contributed by atoms with Crippen molar-refractivity contribution in [3.05, 3.63) is 0 Å². The molecule has 16 heavy (non-hydrogen) atoms. The van der Waals surface area contributed by atoms with Crippen LogP contribution in [0.5, 0.6) is 0 Å². The van der Waals surface area contributed by atoms with Crippen molar-refractivity contribution in [3.63, 3.8) is 0 Å². The van der Waals surface area contributed by atoms with Crippen LogP contribution in [0, 0.1) is 0 Å². The van der Waals surface area contributed by atoms with Crippen LogP contribution in [0.15, 0.2) is 0 Å². The predicted octanol–water partition coefficient (Wildman–Crippen LogP) is 1.26. The van der Waals surface area contributed by atoms with E-state index in [9.17, 15) is 13.2 Å². The number of carbonyl (C=O) groups excluding carboxylic acids is 1. The zero-order valence-corrected chi connectivity index (χ0v) is 11.1. The van der Waals surface area contributed by atoms with Gasteiger partial charge in [-0.25, -0.2) is 13.2 Å².